The van der Waals surface area contributed by atoms with Crippen molar-refractivity contribution in [1.29, 1.82) is 0 Å². The largest absolute Gasteiger partial charge is 0.353 e. The lowest BCUT2D eigenvalue weighted by Gasteiger charge is -2.18. The van der Waals surface area contributed by atoms with E-state index in [0.717, 1.165) is 9.21 Å². The third-order valence-corrected chi connectivity index (χ3v) is 7.80. The van der Waals surface area contributed by atoms with Gasteiger partial charge in [0.1, 0.15) is 0 Å². The molecular formula is C21H19ClN4O7S2. The third-order valence-electron chi connectivity index (χ3n) is 4.82. The number of non-ortho nitro benzene ring substituents is 1. The lowest BCUT2D eigenvalue weighted by molar-refractivity contribution is -0.384. The van der Waals surface area contributed by atoms with Crippen LogP contribution in [0.3, 0.4) is 0 Å². The number of imide groups is 1. The van der Waals surface area contributed by atoms with E-state index < -0.39 is 38.5 Å². The van der Waals surface area contributed by atoms with E-state index in [2.05, 4.69) is 5.32 Å². The van der Waals surface area contributed by atoms with Gasteiger partial charge in [-0.1, -0.05) is 11.6 Å². The van der Waals surface area contributed by atoms with Crippen molar-refractivity contribution in [1.82, 2.24) is 14.5 Å². The molecule has 14 heteroatoms. The molecule has 0 saturated carbocycles. The highest BCUT2D eigenvalue weighted by Gasteiger charge is 2.34. The molecule has 2 aromatic carbocycles. The molecule has 3 amide bonds. The summed E-state index contributed by atoms with van der Waals surface area (Å²) in [6, 6.07) is 11.0. The van der Waals surface area contributed by atoms with Crippen LogP contribution in [-0.4, -0.2) is 66.3 Å². The number of hydrogen-bond donors (Lipinski definition) is 1. The molecule has 2 aromatic rings. The minimum absolute atomic E-state index is 0.0187. The maximum Gasteiger partial charge on any atom is 0.293 e. The summed E-state index contributed by atoms with van der Waals surface area (Å²) in [5, 5.41) is 13.1. The molecule has 0 spiro atoms. The van der Waals surface area contributed by atoms with E-state index in [-0.39, 0.29) is 28.6 Å². The minimum atomic E-state index is -3.91. The minimum Gasteiger partial charge on any atom is -0.353 e. The molecule has 0 aliphatic carbocycles. The second-order valence-corrected chi connectivity index (χ2v) is 10.7. The number of benzene rings is 2. The van der Waals surface area contributed by atoms with E-state index in [0.29, 0.717) is 22.3 Å². The Bertz CT molecular complexity index is 1300. The quantitative estimate of drug-likeness (QED) is 0.291. The molecule has 1 aliphatic heterocycles. The van der Waals surface area contributed by atoms with E-state index in [1.807, 2.05) is 0 Å². The monoisotopic (exact) mass is 538 g/mol. The predicted molar refractivity (Wildman–Crippen MR) is 130 cm³/mol. The van der Waals surface area contributed by atoms with E-state index in [9.17, 15) is 32.9 Å². The number of carbonyl (C=O) groups excluding carboxylic acids is 3. The highest BCUT2D eigenvalue weighted by molar-refractivity contribution is 8.18. The Morgan fingerprint density at radius 1 is 1.17 bits per heavy atom. The predicted octanol–water partition coefficient (Wildman–Crippen LogP) is 2.72. The maximum atomic E-state index is 12.6. The smallest absolute Gasteiger partial charge is 0.293 e. The first kappa shape index (κ1) is 26.3. The molecule has 1 fully saturated rings. The van der Waals surface area contributed by atoms with Gasteiger partial charge in [-0.15, -0.1) is 0 Å². The van der Waals surface area contributed by atoms with Gasteiger partial charge in [-0.2, -0.15) is 4.31 Å². The topological polar surface area (TPSA) is 147 Å². The Kier molecular flexibility index (Phi) is 8.27. The van der Waals surface area contributed by atoms with Crippen LogP contribution in [0, 0.1) is 10.1 Å². The molecule has 11 nitrogen and oxygen atoms in total. The first-order valence-electron chi connectivity index (χ1n) is 9.97. The fourth-order valence-corrected chi connectivity index (χ4v) is 5.09. The van der Waals surface area contributed by atoms with E-state index in [1.54, 1.807) is 0 Å². The lowest BCUT2D eigenvalue weighted by atomic mass is 10.2. The van der Waals surface area contributed by atoms with Crippen molar-refractivity contribution in [2.24, 2.45) is 0 Å². The van der Waals surface area contributed by atoms with Crippen molar-refractivity contribution >= 4 is 62.2 Å². The van der Waals surface area contributed by atoms with Crippen LogP contribution in [0.15, 0.2) is 58.3 Å². The molecule has 0 radical (unpaired) electrons. The number of carbonyl (C=O) groups is 3. The Morgan fingerprint density at radius 3 is 2.40 bits per heavy atom. The molecule has 1 N–H and O–H groups in total. The molecule has 0 aromatic heterocycles. The average Bonchev–Trinajstić information content (AvgIpc) is 3.07. The van der Waals surface area contributed by atoms with E-state index in [1.165, 1.54) is 61.7 Å². The van der Waals surface area contributed by atoms with Crippen LogP contribution in [0.5, 0.6) is 0 Å². The number of rotatable bonds is 9. The van der Waals surface area contributed by atoms with Crippen LogP contribution < -0.4 is 5.32 Å². The zero-order chi connectivity index (χ0) is 25.8. The van der Waals surface area contributed by atoms with E-state index in [4.69, 9.17) is 11.6 Å². The summed E-state index contributed by atoms with van der Waals surface area (Å²) in [7, 11) is -2.65. The van der Waals surface area contributed by atoms with Crippen LogP contribution in [-0.2, 0) is 19.6 Å². The number of nitro benzene ring substituents is 1. The van der Waals surface area contributed by atoms with Crippen molar-refractivity contribution in [3.63, 3.8) is 0 Å². The summed E-state index contributed by atoms with van der Waals surface area (Å²) in [6.45, 7) is -0.648. The number of amides is 3. The van der Waals surface area contributed by atoms with Gasteiger partial charge in [-0.25, -0.2) is 8.42 Å². The average molecular weight is 539 g/mol. The first-order valence-corrected chi connectivity index (χ1v) is 12.6. The van der Waals surface area contributed by atoms with Gasteiger partial charge < -0.3 is 5.32 Å². The van der Waals surface area contributed by atoms with Crippen molar-refractivity contribution in [3.8, 4) is 0 Å². The van der Waals surface area contributed by atoms with Crippen molar-refractivity contribution in [2.75, 3.05) is 26.7 Å². The standard InChI is InChI=1S/C21H19ClN4O7S2/c1-24(35(32,33)17-8-4-15(22)5-9-17)13-19(27)23-10-11-25-20(28)18(34-21(25)29)12-14-2-6-16(7-3-14)26(30)31/h2-9,12H,10-11,13H2,1H3,(H,23,27)/b18-12+. The zero-order valence-corrected chi connectivity index (χ0v) is 20.6. The van der Waals surface area contributed by atoms with Crippen LogP contribution in [0.4, 0.5) is 10.5 Å². The lowest BCUT2D eigenvalue weighted by Crippen LogP contribution is -2.42. The van der Waals surface area contributed by atoms with Gasteiger partial charge in [-0.3, -0.25) is 29.4 Å². The van der Waals surface area contributed by atoms with Gasteiger partial charge in [0.15, 0.2) is 0 Å². The number of sulfonamides is 1. The zero-order valence-electron chi connectivity index (χ0n) is 18.2. The van der Waals surface area contributed by atoms with Gasteiger partial charge in [0.05, 0.1) is 21.3 Å². The molecule has 1 heterocycles. The molecule has 1 saturated heterocycles. The fourth-order valence-electron chi connectivity index (χ4n) is 2.97. The van der Waals surface area contributed by atoms with Gasteiger partial charge >= 0.3 is 0 Å². The van der Waals surface area contributed by atoms with Crippen LogP contribution in [0.1, 0.15) is 5.56 Å². The third kappa shape index (κ3) is 6.45. The molecule has 3 rings (SSSR count). The number of hydrogen-bond acceptors (Lipinski definition) is 8. The Morgan fingerprint density at radius 2 is 1.80 bits per heavy atom. The van der Waals surface area contributed by atoms with Crippen molar-refractivity contribution in [3.05, 3.63) is 74.1 Å². The Balaban J connectivity index is 1.53. The van der Waals surface area contributed by atoms with Crippen LogP contribution in [0.2, 0.25) is 5.02 Å². The molecule has 0 atom stereocenters. The first-order chi connectivity index (χ1) is 16.5. The summed E-state index contributed by atoms with van der Waals surface area (Å²) < 4.78 is 26.0. The second-order valence-electron chi connectivity index (χ2n) is 7.25. The number of nitrogens with one attached hydrogen (secondary N) is 1. The van der Waals surface area contributed by atoms with E-state index >= 15 is 0 Å². The molecule has 184 valence electrons. The number of thioether (sulfide) groups is 1. The van der Waals surface area contributed by atoms with Crippen LogP contribution in [0.25, 0.3) is 6.08 Å². The van der Waals surface area contributed by atoms with Crippen molar-refractivity contribution in [2.45, 2.75) is 4.90 Å². The van der Waals surface area contributed by atoms with Gasteiger partial charge in [0.2, 0.25) is 15.9 Å². The molecule has 0 bridgehead atoms. The Hall–Kier alpha value is -3.26. The number of nitrogens with zero attached hydrogens (tertiary/aromatic N) is 3. The summed E-state index contributed by atoms with van der Waals surface area (Å²) in [6.07, 6.45) is 1.45. The molecular weight excluding hydrogens is 520 g/mol. The van der Waals surface area contributed by atoms with Crippen LogP contribution >= 0.6 is 23.4 Å². The number of nitro groups is 1. The highest BCUT2D eigenvalue weighted by atomic mass is 35.5. The maximum absolute atomic E-state index is 12.6. The number of halogens is 1. The number of likely N-dealkylation sites (N-methyl/N-ethyl adjacent to an activating group) is 1. The fraction of sp³-hybridized carbons (Fsp3) is 0.190. The molecule has 35 heavy (non-hydrogen) atoms. The summed E-state index contributed by atoms with van der Waals surface area (Å²) in [5.74, 6) is -1.17. The van der Waals surface area contributed by atoms with Gasteiger partial charge in [0, 0.05) is 37.3 Å². The SMILES string of the molecule is CN(CC(=O)NCCN1C(=O)S/C(=C/c2ccc([N+](=O)[O-])cc2)C1=O)S(=O)(=O)c1ccc(Cl)cc1. The Labute approximate surface area is 209 Å². The normalized spacial score (nSPS) is 15.2. The van der Waals surface area contributed by atoms with Gasteiger partial charge in [0.25, 0.3) is 16.8 Å². The summed E-state index contributed by atoms with van der Waals surface area (Å²) in [5.41, 5.74) is 0.414. The summed E-state index contributed by atoms with van der Waals surface area (Å²) in [4.78, 5) is 48.3. The highest BCUT2D eigenvalue weighted by Crippen LogP contribution is 2.32. The second kappa shape index (κ2) is 11.0. The van der Waals surface area contributed by atoms with Gasteiger partial charge in [-0.05, 0) is 59.8 Å². The summed E-state index contributed by atoms with van der Waals surface area (Å²) >= 11 is 6.48. The van der Waals surface area contributed by atoms with Crippen molar-refractivity contribution < 1.29 is 27.7 Å². The molecule has 1 aliphatic rings. The molecule has 0 unspecified atom stereocenters.